The lowest BCUT2D eigenvalue weighted by Gasteiger charge is -2.27. The summed E-state index contributed by atoms with van der Waals surface area (Å²) in [6.45, 7) is 1.88. The van der Waals surface area contributed by atoms with Crippen molar-refractivity contribution in [1.82, 2.24) is 0 Å². The van der Waals surface area contributed by atoms with E-state index in [2.05, 4.69) is 0 Å². The Morgan fingerprint density at radius 2 is 1.44 bits per heavy atom. The van der Waals surface area contributed by atoms with Gasteiger partial charge in [0.2, 0.25) is 0 Å². The lowest BCUT2D eigenvalue weighted by Crippen LogP contribution is -2.35. The number of aryl methyl sites for hydroxylation is 1. The first-order chi connectivity index (χ1) is 12.0. The number of rotatable bonds is 2. The van der Waals surface area contributed by atoms with Gasteiger partial charge < -0.3 is 0 Å². The first-order valence-corrected chi connectivity index (χ1v) is 8.59. The molecule has 0 N–H and O–H groups in total. The second-order valence-electron chi connectivity index (χ2n) is 7.14. The fourth-order valence-electron chi connectivity index (χ4n) is 4.22. The third-order valence-corrected chi connectivity index (χ3v) is 5.65. The van der Waals surface area contributed by atoms with Crippen LogP contribution < -0.4 is 0 Å². The van der Waals surface area contributed by atoms with Gasteiger partial charge in [0.25, 0.3) is 0 Å². The lowest BCUT2D eigenvalue weighted by molar-refractivity contribution is -0.135. The van der Waals surface area contributed by atoms with Gasteiger partial charge in [-0.3, -0.25) is 9.59 Å². The highest BCUT2D eigenvalue weighted by Gasteiger charge is 2.47. The predicted molar refractivity (Wildman–Crippen MR) is 90.1 cm³/mol. The molecule has 2 aliphatic carbocycles. The zero-order chi connectivity index (χ0) is 17.7. The molecule has 0 aliphatic heterocycles. The minimum atomic E-state index is -0.914. The van der Waals surface area contributed by atoms with Crippen LogP contribution in [0.4, 0.5) is 8.78 Å². The maximum atomic E-state index is 13.6. The SMILES string of the molecule is Cc1ccc(-c2ccc(F)c(F)c2)cc1C1C(=O)[C@@H]2CC[C@@H](C2)C1=O. The fraction of sp³-hybridized carbons (Fsp3) is 0.333. The summed E-state index contributed by atoms with van der Waals surface area (Å²) < 4.78 is 26.7. The second-order valence-corrected chi connectivity index (χ2v) is 7.14. The largest absolute Gasteiger partial charge is 0.298 e. The molecule has 2 bridgehead atoms. The van der Waals surface area contributed by atoms with Gasteiger partial charge in [-0.2, -0.15) is 0 Å². The van der Waals surface area contributed by atoms with Crippen molar-refractivity contribution in [1.29, 1.82) is 0 Å². The van der Waals surface area contributed by atoms with Gasteiger partial charge in [-0.05, 0) is 66.6 Å². The Labute approximate surface area is 144 Å². The molecular weight excluding hydrogens is 322 g/mol. The van der Waals surface area contributed by atoms with Crippen LogP contribution in [-0.2, 0) is 9.59 Å². The van der Waals surface area contributed by atoms with Gasteiger partial charge in [0, 0.05) is 11.8 Å². The van der Waals surface area contributed by atoms with Crippen LogP contribution in [0.25, 0.3) is 11.1 Å². The van der Waals surface area contributed by atoms with E-state index in [0.717, 1.165) is 30.5 Å². The van der Waals surface area contributed by atoms with Crippen molar-refractivity contribution >= 4 is 11.6 Å². The van der Waals surface area contributed by atoms with E-state index in [1.54, 1.807) is 12.1 Å². The molecule has 2 aromatic carbocycles. The van der Waals surface area contributed by atoms with Crippen molar-refractivity contribution in [2.75, 3.05) is 0 Å². The molecule has 0 saturated heterocycles. The summed E-state index contributed by atoms with van der Waals surface area (Å²) in [5.41, 5.74) is 2.78. The minimum Gasteiger partial charge on any atom is -0.298 e. The molecule has 2 nitrogen and oxygen atoms in total. The molecule has 4 rings (SSSR count). The molecule has 2 aromatic rings. The highest BCUT2D eigenvalue weighted by Crippen LogP contribution is 2.45. The molecule has 128 valence electrons. The van der Waals surface area contributed by atoms with E-state index in [1.807, 2.05) is 13.0 Å². The first-order valence-electron chi connectivity index (χ1n) is 8.59. The van der Waals surface area contributed by atoms with E-state index in [9.17, 15) is 18.4 Å². The second kappa shape index (κ2) is 5.87. The van der Waals surface area contributed by atoms with Crippen molar-refractivity contribution < 1.29 is 18.4 Å². The van der Waals surface area contributed by atoms with Crippen molar-refractivity contribution in [3.05, 3.63) is 59.2 Å². The highest BCUT2D eigenvalue weighted by molar-refractivity contribution is 6.12. The first kappa shape index (κ1) is 16.1. The number of Topliss-reactive ketones (excluding diaryl/α,β-unsaturated/α-hetero) is 2. The molecule has 0 aromatic heterocycles. The Hall–Kier alpha value is -2.36. The molecule has 0 spiro atoms. The topological polar surface area (TPSA) is 34.1 Å². The Kier molecular flexibility index (Phi) is 3.78. The van der Waals surface area contributed by atoms with Crippen molar-refractivity contribution in [3.8, 4) is 11.1 Å². The molecule has 0 heterocycles. The normalized spacial score (nSPS) is 25.5. The van der Waals surface area contributed by atoms with E-state index in [0.29, 0.717) is 23.1 Å². The van der Waals surface area contributed by atoms with Crippen LogP contribution in [0.15, 0.2) is 36.4 Å². The molecule has 0 amide bonds. The molecule has 1 unspecified atom stereocenters. The van der Waals surface area contributed by atoms with Gasteiger partial charge in [-0.1, -0.05) is 18.2 Å². The third kappa shape index (κ3) is 2.60. The molecular formula is C21H18F2O2. The maximum Gasteiger partial charge on any atom is 0.159 e. The molecule has 0 radical (unpaired) electrons. The molecule has 3 atom stereocenters. The standard InChI is InChI=1S/C21H18F2O2/c1-11-2-3-12(13-6-7-17(22)18(23)10-13)9-16(11)19-20(24)14-4-5-15(8-14)21(19)25/h2-3,6-7,9-10,14-15,19H,4-5,8H2,1H3/t14-,15+,19?. The van der Waals surface area contributed by atoms with E-state index < -0.39 is 17.6 Å². The molecule has 2 saturated carbocycles. The quantitative estimate of drug-likeness (QED) is 0.749. The average Bonchev–Trinajstić information content (AvgIpc) is 3.05. The summed E-state index contributed by atoms with van der Waals surface area (Å²) in [6, 6.07) is 9.15. The van der Waals surface area contributed by atoms with Gasteiger partial charge >= 0.3 is 0 Å². The summed E-state index contributed by atoms with van der Waals surface area (Å²) in [5, 5.41) is 0. The minimum absolute atomic E-state index is 0.0148. The maximum absolute atomic E-state index is 13.6. The van der Waals surface area contributed by atoms with Gasteiger partial charge in [0.05, 0.1) is 0 Å². The number of hydrogen-bond donors (Lipinski definition) is 0. The third-order valence-electron chi connectivity index (χ3n) is 5.65. The van der Waals surface area contributed by atoms with Gasteiger partial charge in [0.1, 0.15) is 5.92 Å². The van der Waals surface area contributed by atoms with E-state index in [1.165, 1.54) is 6.07 Å². The van der Waals surface area contributed by atoms with Crippen molar-refractivity contribution in [2.45, 2.75) is 32.1 Å². The van der Waals surface area contributed by atoms with Crippen molar-refractivity contribution in [3.63, 3.8) is 0 Å². The number of ketones is 2. The number of carbonyl (C=O) groups excluding carboxylic acids is 2. The van der Waals surface area contributed by atoms with Crippen molar-refractivity contribution in [2.24, 2.45) is 11.8 Å². The number of hydrogen-bond acceptors (Lipinski definition) is 2. The van der Waals surface area contributed by atoms with Gasteiger partial charge in [-0.25, -0.2) is 8.78 Å². The molecule has 25 heavy (non-hydrogen) atoms. The van der Waals surface area contributed by atoms with Gasteiger partial charge in [-0.15, -0.1) is 0 Å². The van der Waals surface area contributed by atoms with E-state index in [4.69, 9.17) is 0 Å². The Balaban J connectivity index is 1.79. The predicted octanol–water partition coefficient (Wildman–Crippen LogP) is 4.59. The number of carbonyl (C=O) groups is 2. The van der Waals surface area contributed by atoms with E-state index >= 15 is 0 Å². The lowest BCUT2D eigenvalue weighted by atomic mass is 9.74. The Morgan fingerprint density at radius 1 is 0.840 bits per heavy atom. The summed E-state index contributed by atoms with van der Waals surface area (Å²) >= 11 is 0. The Bertz CT molecular complexity index is 865. The average molecular weight is 340 g/mol. The zero-order valence-corrected chi connectivity index (χ0v) is 13.9. The summed E-state index contributed by atoms with van der Waals surface area (Å²) in [6.07, 6.45) is 2.29. The summed E-state index contributed by atoms with van der Waals surface area (Å²) in [5.74, 6) is -2.52. The summed E-state index contributed by atoms with van der Waals surface area (Å²) in [4.78, 5) is 25.5. The number of halogens is 2. The molecule has 2 aliphatic rings. The van der Waals surface area contributed by atoms with Gasteiger partial charge in [0.15, 0.2) is 23.2 Å². The van der Waals surface area contributed by atoms with Crippen LogP contribution in [0.5, 0.6) is 0 Å². The summed E-state index contributed by atoms with van der Waals surface area (Å²) in [7, 11) is 0. The zero-order valence-electron chi connectivity index (χ0n) is 13.9. The van der Waals surface area contributed by atoms with Crippen LogP contribution in [0.1, 0.15) is 36.3 Å². The van der Waals surface area contributed by atoms with Crippen LogP contribution in [-0.4, -0.2) is 11.6 Å². The van der Waals surface area contributed by atoms with Crippen LogP contribution in [0, 0.1) is 30.4 Å². The highest BCUT2D eigenvalue weighted by atomic mass is 19.2. The van der Waals surface area contributed by atoms with Crippen LogP contribution in [0.3, 0.4) is 0 Å². The Morgan fingerprint density at radius 3 is 2.08 bits per heavy atom. The number of benzene rings is 2. The number of fused-ring (bicyclic) bond motifs is 2. The smallest absolute Gasteiger partial charge is 0.159 e. The molecule has 4 heteroatoms. The van der Waals surface area contributed by atoms with Crippen LogP contribution in [0.2, 0.25) is 0 Å². The van der Waals surface area contributed by atoms with E-state index in [-0.39, 0.29) is 23.4 Å². The monoisotopic (exact) mass is 340 g/mol. The fourth-order valence-corrected chi connectivity index (χ4v) is 4.22. The molecule has 2 fully saturated rings. The van der Waals surface area contributed by atoms with Crippen LogP contribution >= 0.6 is 0 Å².